The largest absolute Gasteiger partial charge is 0.508 e. The normalized spacial score (nSPS) is 11.1. The molecule has 0 fully saturated rings. The zero-order valence-corrected chi connectivity index (χ0v) is 23.6. The quantitative estimate of drug-likeness (QED) is 0.0907. The first-order valence-electron chi connectivity index (χ1n) is 13.7. The van der Waals surface area contributed by atoms with Crippen LogP contribution in [0.3, 0.4) is 0 Å². The van der Waals surface area contributed by atoms with Gasteiger partial charge >= 0.3 is 5.97 Å². The average molecular weight is 551 g/mol. The summed E-state index contributed by atoms with van der Waals surface area (Å²) in [6.45, 7) is 5.41. The summed E-state index contributed by atoms with van der Waals surface area (Å²) < 4.78 is 6.12. The second-order valence-corrected chi connectivity index (χ2v) is 9.67. The van der Waals surface area contributed by atoms with Crippen molar-refractivity contribution in [3.8, 4) is 5.75 Å². The van der Waals surface area contributed by atoms with E-state index in [0.717, 1.165) is 22.3 Å². The number of ether oxygens (including phenoxy) is 1. The zero-order chi connectivity index (χ0) is 29.6. The first kappa shape index (κ1) is 29.6. The van der Waals surface area contributed by atoms with Gasteiger partial charge in [-0.15, -0.1) is 0 Å². The van der Waals surface area contributed by atoms with Gasteiger partial charge < -0.3 is 9.84 Å². The van der Waals surface area contributed by atoms with Crippen molar-refractivity contribution in [1.82, 2.24) is 0 Å². The molecule has 42 heavy (non-hydrogen) atoms. The van der Waals surface area contributed by atoms with E-state index >= 15 is 0 Å². The molecular formula is C39H34O3. The molecule has 5 rings (SSSR count). The molecule has 5 aromatic rings. The topological polar surface area (TPSA) is 46.5 Å². The van der Waals surface area contributed by atoms with E-state index < -0.39 is 11.6 Å². The fraction of sp³-hybridized carbons (Fsp3) is 0.0513. The van der Waals surface area contributed by atoms with Gasteiger partial charge in [0.25, 0.3) is 0 Å². The molecule has 0 aliphatic carbocycles. The zero-order valence-electron chi connectivity index (χ0n) is 23.6. The Kier molecular flexibility index (Phi) is 10.4. The Morgan fingerprint density at radius 1 is 0.595 bits per heavy atom. The Labute approximate surface area is 248 Å². The lowest BCUT2D eigenvalue weighted by Crippen LogP contribution is -2.35. The smallest absolute Gasteiger partial charge is 0.334 e. The number of phenolic OH excluding ortho intramolecular Hbond substituents is 1. The number of aromatic hydroxyl groups is 1. The lowest BCUT2D eigenvalue weighted by Gasteiger charge is -2.35. The molecule has 3 nitrogen and oxygen atoms in total. The third-order valence-corrected chi connectivity index (χ3v) is 6.52. The minimum absolute atomic E-state index is 0.293. The van der Waals surface area contributed by atoms with Gasteiger partial charge in [-0.1, -0.05) is 164 Å². The highest BCUT2D eigenvalue weighted by molar-refractivity contribution is 5.88. The van der Waals surface area contributed by atoms with Crippen molar-refractivity contribution < 1.29 is 14.6 Å². The molecule has 0 aliphatic heterocycles. The molecule has 0 aromatic heterocycles. The van der Waals surface area contributed by atoms with Gasteiger partial charge in [0.15, 0.2) is 5.60 Å². The minimum atomic E-state index is -1.03. The molecule has 1 N–H and O–H groups in total. The number of carbonyl (C=O) groups is 1. The Morgan fingerprint density at radius 2 is 0.952 bits per heavy atom. The Balaban J connectivity index is 0.000000208. The van der Waals surface area contributed by atoms with Crippen LogP contribution in [0.15, 0.2) is 170 Å². The molecule has 0 unspecified atom stereocenters. The summed E-state index contributed by atoms with van der Waals surface area (Å²) in [5.74, 6) is -0.126. The van der Waals surface area contributed by atoms with Crippen molar-refractivity contribution in [3.63, 3.8) is 0 Å². The third-order valence-electron chi connectivity index (χ3n) is 6.52. The second-order valence-electron chi connectivity index (χ2n) is 9.67. The van der Waals surface area contributed by atoms with Crippen molar-refractivity contribution in [2.75, 3.05) is 0 Å². The number of allylic oxidation sites excluding steroid dienone is 2. The molecule has 0 radical (unpaired) electrons. The van der Waals surface area contributed by atoms with E-state index in [1.807, 2.05) is 140 Å². The summed E-state index contributed by atoms with van der Waals surface area (Å²) in [6.07, 6.45) is 8.04. The molecule has 0 aliphatic rings. The van der Waals surface area contributed by atoms with Gasteiger partial charge in [0.05, 0.1) is 0 Å². The van der Waals surface area contributed by atoms with Crippen LogP contribution in [0.25, 0.3) is 12.2 Å². The van der Waals surface area contributed by atoms with E-state index in [9.17, 15) is 4.79 Å². The highest BCUT2D eigenvalue weighted by atomic mass is 16.6. The highest BCUT2D eigenvalue weighted by Crippen LogP contribution is 2.40. The van der Waals surface area contributed by atoms with E-state index in [1.54, 1.807) is 19.1 Å². The van der Waals surface area contributed by atoms with Crippen molar-refractivity contribution in [2.45, 2.75) is 12.5 Å². The van der Waals surface area contributed by atoms with Crippen LogP contribution in [0, 0.1) is 0 Å². The van der Waals surface area contributed by atoms with E-state index in [4.69, 9.17) is 9.84 Å². The Hall–Kier alpha value is -5.41. The molecule has 0 saturated heterocycles. The Morgan fingerprint density at radius 3 is 1.33 bits per heavy atom. The molecule has 0 saturated carbocycles. The summed E-state index contributed by atoms with van der Waals surface area (Å²) in [4.78, 5) is 12.6. The van der Waals surface area contributed by atoms with E-state index in [1.165, 1.54) is 5.56 Å². The van der Waals surface area contributed by atoms with Gasteiger partial charge in [-0.3, -0.25) is 0 Å². The first-order chi connectivity index (χ1) is 20.5. The van der Waals surface area contributed by atoms with Crippen LogP contribution >= 0.6 is 0 Å². The van der Waals surface area contributed by atoms with Gasteiger partial charge in [0.1, 0.15) is 5.75 Å². The number of hydrogen-bond donors (Lipinski definition) is 1. The van der Waals surface area contributed by atoms with Gasteiger partial charge in [-0.25, -0.2) is 4.79 Å². The highest BCUT2D eigenvalue weighted by Gasteiger charge is 2.40. The van der Waals surface area contributed by atoms with Crippen molar-refractivity contribution in [1.29, 1.82) is 0 Å². The number of hydrogen-bond acceptors (Lipinski definition) is 3. The fourth-order valence-corrected chi connectivity index (χ4v) is 4.40. The standard InChI is InChI=1S/C23H20O2.C16H14O/c1-18(2)22(24)25-23(19-12-6-3-7-13-19,20-14-8-4-9-15-20)21-16-10-5-11-17-21;17-16-12-10-15(11-13-16)9-5-4-8-14-6-2-1-3-7-14/h3-17H,1H2,2H3;1-13,17H. The van der Waals surface area contributed by atoms with Crippen LogP contribution in [0.2, 0.25) is 0 Å². The van der Waals surface area contributed by atoms with Crippen LogP contribution in [0.1, 0.15) is 34.7 Å². The van der Waals surface area contributed by atoms with Crippen molar-refractivity contribution in [2.24, 2.45) is 0 Å². The summed E-state index contributed by atoms with van der Waals surface area (Å²) in [7, 11) is 0. The number of rotatable bonds is 8. The molecule has 5 aromatic carbocycles. The van der Waals surface area contributed by atoms with Gasteiger partial charge in [0, 0.05) is 22.3 Å². The fourth-order valence-electron chi connectivity index (χ4n) is 4.40. The van der Waals surface area contributed by atoms with Gasteiger partial charge in [-0.2, -0.15) is 0 Å². The van der Waals surface area contributed by atoms with Crippen LogP contribution in [-0.4, -0.2) is 11.1 Å². The summed E-state index contributed by atoms with van der Waals surface area (Å²) in [5.41, 5.74) is 4.27. The summed E-state index contributed by atoms with van der Waals surface area (Å²) >= 11 is 0. The summed E-state index contributed by atoms with van der Waals surface area (Å²) in [6, 6.07) is 46.7. The molecular weight excluding hydrogens is 516 g/mol. The number of carbonyl (C=O) groups excluding carboxylic acids is 1. The predicted octanol–water partition coefficient (Wildman–Crippen LogP) is 9.22. The molecule has 0 atom stereocenters. The maximum atomic E-state index is 12.6. The molecule has 0 amide bonds. The first-order valence-corrected chi connectivity index (χ1v) is 13.7. The van der Waals surface area contributed by atoms with Gasteiger partial charge in [-0.05, 0) is 30.2 Å². The SMILES string of the molecule is C=C(C)C(=O)OC(c1ccccc1)(c1ccccc1)c1ccccc1.Oc1ccc(C=CC=Cc2ccccc2)cc1. The monoisotopic (exact) mass is 550 g/mol. The van der Waals surface area contributed by atoms with Crippen LogP contribution in [-0.2, 0) is 15.1 Å². The number of phenols is 1. The average Bonchev–Trinajstić information content (AvgIpc) is 3.05. The molecule has 3 heteroatoms. The predicted molar refractivity (Wildman–Crippen MR) is 173 cm³/mol. The van der Waals surface area contributed by atoms with E-state index in [0.29, 0.717) is 11.3 Å². The lowest BCUT2D eigenvalue weighted by atomic mass is 9.80. The van der Waals surface area contributed by atoms with Gasteiger partial charge in [0.2, 0.25) is 0 Å². The molecule has 0 heterocycles. The molecule has 208 valence electrons. The van der Waals surface area contributed by atoms with E-state index in [-0.39, 0.29) is 0 Å². The van der Waals surface area contributed by atoms with E-state index in [2.05, 4.69) is 24.8 Å². The Bertz CT molecular complexity index is 1510. The lowest BCUT2D eigenvalue weighted by molar-refractivity contribution is -0.148. The maximum Gasteiger partial charge on any atom is 0.334 e. The third kappa shape index (κ3) is 7.83. The van der Waals surface area contributed by atoms with Crippen molar-refractivity contribution >= 4 is 18.1 Å². The maximum absolute atomic E-state index is 12.6. The van der Waals surface area contributed by atoms with Crippen LogP contribution in [0.4, 0.5) is 0 Å². The van der Waals surface area contributed by atoms with Crippen molar-refractivity contribution in [3.05, 3.63) is 198 Å². The minimum Gasteiger partial charge on any atom is -0.508 e. The second kappa shape index (κ2) is 14.8. The molecule has 0 spiro atoms. The van der Waals surface area contributed by atoms with Crippen LogP contribution < -0.4 is 0 Å². The van der Waals surface area contributed by atoms with Crippen LogP contribution in [0.5, 0.6) is 5.75 Å². The summed E-state index contributed by atoms with van der Waals surface area (Å²) in [5, 5.41) is 9.14. The number of esters is 1. The number of benzene rings is 5. The molecule has 0 bridgehead atoms.